The molecular weight excluding hydrogens is 392 g/mol. The van der Waals surface area contributed by atoms with Crippen molar-refractivity contribution in [3.05, 3.63) is 0 Å². The lowest BCUT2D eigenvalue weighted by atomic mass is 9.92. The zero-order valence-corrected chi connectivity index (χ0v) is 17.8. The molecule has 1 unspecified atom stereocenters. The summed E-state index contributed by atoms with van der Waals surface area (Å²) in [7, 11) is 1.94. The average Bonchev–Trinajstić information content (AvgIpc) is 2.99. The van der Waals surface area contributed by atoms with Gasteiger partial charge in [-0.1, -0.05) is 19.8 Å². The summed E-state index contributed by atoms with van der Waals surface area (Å²) in [6.07, 6.45) is -0.904. The third-order valence-electron chi connectivity index (χ3n) is 5.69. The molecule has 2 rings (SSSR count). The third kappa shape index (κ3) is 5.50. The van der Waals surface area contributed by atoms with E-state index in [1.165, 1.54) is 0 Å². The number of carbonyl (C=O) groups is 1. The van der Waals surface area contributed by atoms with Crippen molar-refractivity contribution >= 4 is 30.1 Å². The van der Waals surface area contributed by atoms with Gasteiger partial charge in [-0.15, -0.1) is 24.2 Å². The average molecular weight is 425 g/mol. The number of carbonyl (C=O) groups excluding carboxylic acids is 1. The molecule has 4 N–H and O–H groups in total. The third-order valence-corrected chi connectivity index (χ3v) is 6.38. The molecule has 2 heterocycles. The molecule has 2 saturated heterocycles. The van der Waals surface area contributed by atoms with Crippen LogP contribution in [0.5, 0.6) is 0 Å². The Hall–Kier alpha value is -0.0900. The highest BCUT2D eigenvalue weighted by molar-refractivity contribution is 7.80. The number of aliphatic hydroxyl groups excluding tert-OH is 3. The minimum atomic E-state index is -1.42. The first-order chi connectivity index (χ1) is 12.7. The smallest absolute Gasteiger partial charge is 0.237 e. The van der Waals surface area contributed by atoms with Gasteiger partial charge in [0.25, 0.3) is 0 Å². The van der Waals surface area contributed by atoms with Crippen molar-refractivity contribution in [1.29, 1.82) is 0 Å². The number of nitrogens with zero attached hydrogens (tertiary/aromatic N) is 1. The molecule has 0 radical (unpaired) electrons. The number of ether oxygens (including phenoxy) is 1. The maximum absolute atomic E-state index is 12.9. The molecule has 9 heteroatoms. The topological polar surface area (TPSA) is 102 Å². The first-order valence-corrected chi connectivity index (χ1v) is 10.6. The lowest BCUT2D eigenvalue weighted by molar-refractivity contribution is -0.204. The summed E-state index contributed by atoms with van der Waals surface area (Å²) in [5.41, 5.74) is -0.976. The van der Waals surface area contributed by atoms with Crippen LogP contribution in [0, 0.1) is 5.92 Å². The van der Waals surface area contributed by atoms with Crippen molar-refractivity contribution in [2.24, 2.45) is 5.92 Å². The number of hydrogen-bond donors (Lipinski definition) is 5. The minimum Gasteiger partial charge on any atom is -0.388 e. The van der Waals surface area contributed by atoms with Gasteiger partial charge < -0.3 is 25.4 Å². The van der Waals surface area contributed by atoms with Crippen molar-refractivity contribution in [2.45, 2.75) is 86.8 Å². The highest BCUT2D eigenvalue weighted by atomic mass is 35.5. The van der Waals surface area contributed by atoms with Gasteiger partial charge in [-0.25, -0.2) is 0 Å². The fraction of sp³-hybridized carbons (Fsp3) is 0.944. The molecule has 1 amide bonds. The number of rotatable bonds is 7. The van der Waals surface area contributed by atoms with E-state index in [4.69, 9.17) is 16.3 Å². The molecule has 2 aliphatic rings. The Labute approximate surface area is 171 Å². The molecule has 0 aromatic heterocycles. The molecule has 9 atom stereocenters. The number of alkyl halides is 1. The van der Waals surface area contributed by atoms with Gasteiger partial charge in [0.15, 0.2) is 0 Å². The number of likely N-dealkylation sites (N-methyl/N-ethyl adjacent to an activating group) is 1. The number of hydrogen-bond acceptors (Lipinski definition) is 7. The van der Waals surface area contributed by atoms with Crippen LogP contribution in [0.15, 0.2) is 0 Å². The summed E-state index contributed by atoms with van der Waals surface area (Å²) in [5, 5.41) is 32.5. The van der Waals surface area contributed by atoms with Crippen LogP contribution in [0.4, 0.5) is 0 Å². The van der Waals surface area contributed by atoms with Gasteiger partial charge in [0.2, 0.25) is 5.91 Å². The van der Waals surface area contributed by atoms with Crippen molar-refractivity contribution < 1.29 is 24.9 Å². The van der Waals surface area contributed by atoms with E-state index >= 15 is 0 Å². The lowest BCUT2D eigenvalue weighted by Gasteiger charge is -2.43. The lowest BCUT2D eigenvalue weighted by Crippen LogP contribution is -2.64. The zero-order valence-electron chi connectivity index (χ0n) is 16.2. The Morgan fingerprint density at radius 2 is 2.00 bits per heavy atom. The number of halogens is 1. The van der Waals surface area contributed by atoms with E-state index in [1.54, 1.807) is 6.92 Å². The van der Waals surface area contributed by atoms with Gasteiger partial charge in [0.05, 0.1) is 17.5 Å². The van der Waals surface area contributed by atoms with Crippen LogP contribution >= 0.6 is 24.2 Å². The Morgan fingerprint density at radius 3 is 2.59 bits per heavy atom. The summed E-state index contributed by atoms with van der Waals surface area (Å²) in [6, 6.07) is -0.984. The standard InChI is InChI=1S/C18H33ClN2O5S/c1-4-5-6-10-7-11(21(3)8-10)17(25)20-12(9(2)19)16-14(23)13(22)15(24)18(27)26-16/h9-16,18,22-24,27H,4-8H2,1-3H3,(H,20,25)/t9-,10+,11-,12?,13-,14-,15+,16+,18+/m0/s1. The quantitative estimate of drug-likeness (QED) is 0.298. The van der Waals surface area contributed by atoms with Crippen LogP contribution in [0.25, 0.3) is 0 Å². The Bertz CT molecular complexity index is 500. The summed E-state index contributed by atoms with van der Waals surface area (Å²) >= 11 is 10.4. The molecule has 0 aromatic rings. The molecule has 2 aliphatic heterocycles. The maximum Gasteiger partial charge on any atom is 0.237 e. The molecule has 0 aliphatic carbocycles. The number of unbranched alkanes of at least 4 members (excludes halogenated alkanes) is 1. The molecule has 0 saturated carbocycles. The molecule has 0 spiro atoms. The molecule has 0 bridgehead atoms. The van der Waals surface area contributed by atoms with Crippen LogP contribution in [0.1, 0.15) is 39.5 Å². The van der Waals surface area contributed by atoms with Crippen LogP contribution in [0.3, 0.4) is 0 Å². The first-order valence-electron chi connectivity index (χ1n) is 9.69. The summed E-state index contributed by atoms with van der Waals surface area (Å²) < 4.78 is 5.56. The summed E-state index contributed by atoms with van der Waals surface area (Å²) in [6.45, 7) is 4.73. The van der Waals surface area contributed by atoms with Gasteiger partial charge in [0, 0.05) is 6.54 Å². The monoisotopic (exact) mass is 424 g/mol. The van der Waals surface area contributed by atoms with Gasteiger partial charge in [-0.3, -0.25) is 9.69 Å². The predicted molar refractivity (Wildman–Crippen MR) is 107 cm³/mol. The summed E-state index contributed by atoms with van der Waals surface area (Å²) in [4.78, 5) is 14.9. The van der Waals surface area contributed by atoms with Crippen molar-refractivity contribution in [3.63, 3.8) is 0 Å². The second-order valence-corrected chi connectivity index (χ2v) is 9.07. The van der Waals surface area contributed by atoms with E-state index in [1.807, 2.05) is 11.9 Å². The van der Waals surface area contributed by atoms with Crippen LogP contribution in [0.2, 0.25) is 0 Å². The number of likely N-dealkylation sites (tertiary alicyclic amines) is 1. The minimum absolute atomic E-state index is 0.166. The van der Waals surface area contributed by atoms with E-state index in [0.29, 0.717) is 5.92 Å². The Morgan fingerprint density at radius 1 is 1.33 bits per heavy atom. The number of thiol groups is 1. The maximum atomic E-state index is 12.9. The van der Waals surface area contributed by atoms with Crippen molar-refractivity contribution in [2.75, 3.05) is 13.6 Å². The van der Waals surface area contributed by atoms with E-state index < -0.39 is 41.3 Å². The van der Waals surface area contributed by atoms with E-state index in [2.05, 4.69) is 24.9 Å². The fourth-order valence-corrected chi connectivity index (χ4v) is 4.54. The molecule has 27 heavy (non-hydrogen) atoms. The van der Waals surface area contributed by atoms with Crippen LogP contribution < -0.4 is 5.32 Å². The van der Waals surface area contributed by atoms with E-state index in [0.717, 1.165) is 32.2 Å². The van der Waals surface area contributed by atoms with Crippen LogP contribution in [-0.2, 0) is 9.53 Å². The highest BCUT2D eigenvalue weighted by Gasteiger charge is 2.47. The number of nitrogens with one attached hydrogen (secondary N) is 1. The van der Waals surface area contributed by atoms with Gasteiger partial charge in [0.1, 0.15) is 29.9 Å². The van der Waals surface area contributed by atoms with Gasteiger partial charge in [-0.2, -0.15) is 0 Å². The molecular formula is C18H33ClN2O5S. The number of aliphatic hydroxyl groups is 3. The second-order valence-electron chi connectivity index (χ2n) is 7.87. The van der Waals surface area contributed by atoms with Crippen LogP contribution in [-0.4, -0.2) is 87.0 Å². The predicted octanol–water partition coefficient (Wildman–Crippen LogP) is 0.346. The van der Waals surface area contributed by atoms with Gasteiger partial charge >= 0.3 is 0 Å². The van der Waals surface area contributed by atoms with Crippen molar-refractivity contribution in [1.82, 2.24) is 10.2 Å². The SMILES string of the molecule is CCCC[C@@H]1C[C@@H](C(=O)NC([C@H](C)Cl)[C@H]2O[C@H](S)[C@H](O)[C@@H](O)[C@@H]2O)N(C)C1. The van der Waals surface area contributed by atoms with E-state index in [-0.39, 0.29) is 11.9 Å². The molecule has 2 fully saturated rings. The van der Waals surface area contributed by atoms with E-state index in [9.17, 15) is 20.1 Å². The van der Waals surface area contributed by atoms with Crippen molar-refractivity contribution in [3.8, 4) is 0 Å². The molecule has 158 valence electrons. The molecule has 0 aromatic carbocycles. The summed E-state index contributed by atoms with van der Waals surface area (Å²) in [5.74, 6) is 0.328. The highest BCUT2D eigenvalue weighted by Crippen LogP contribution is 2.29. The zero-order chi connectivity index (χ0) is 20.3. The largest absolute Gasteiger partial charge is 0.388 e. The van der Waals surface area contributed by atoms with Gasteiger partial charge in [-0.05, 0) is 32.7 Å². The number of amides is 1. The fourth-order valence-electron chi connectivity index (χ4n) is 4.02. The first kappa shape index (κ1) is 23.2. The molecule has 7 nitrogen and oxygen atoms in total. The normalized spacial score (nSPS) is 39.9. The second kappa shape index (κ2) is 10.1. The Balaban J connectivity index is 2.04. The Kier molecular flexibility index (Phi) is 8.67.